The molecule has 1 aromatic heterocycles. The van der Waals surface area contributed by atoms with Crippen LogP contribution < -0.4 is 11.1 Å². The Kier molecular flexibility index (Phi) is 5.42. The van der Waals surface area contributed by atoms with E-state index in [-0.39, 0.29) is 17.5 Å². The summed E-state index contributed by atoms with van der Waals surface area (Å²) in [5, 5.41) is 2.40. The van der Waals surface area contributed by atoms with Crippen molar-refractivity contribution < 1.29 is 18.0 Å². The highest BCUT2D eigenvalue weighted by molar-refractivity contribution is 7.99. The Morgan fingerprint density at radius 2 is 2.17 bits per heavy atom. The van der Waals surface area contributed by atoms with Gasteiger partial charge in [0.1, 0.15) is 5.82 Å². The van der Waals surface area contributed by atoms with Crippen LogP contribution in [0.3, 0.4) is 0 Å². The van der Waals surface area contributed by atoms with Crippen LogP contribution >= 0.6 is 11.8 Å². The van der Waals surface area contributed by atoms with Crippen LogP contribution in [0.5, 0.6) is 0 Å². The minimum atomic E-state index is -4.42. The van der Waals surface area contributed by atoms with Crippen molar-refractivity contribution in [1.29, 1.82) is 0 Å². The minimum absolute atomic E-state index is 0.0985. The first-order valence-electron chi connectivity index (χ1n) is 5.04. The third-order valence-electron chi connectivity index (χ3n) is 1.85. The van der Waals surface area contributed by atoms with Crippen LogP contribution in [0.1, 0.15) is 5.56 Å². The van der Waals surface area contributed by atoms with Crippen LogP contribution in [0, 0.1) is 0 Å². The maximum Gasteiger partial charge on any atom is 0.417 e. The zero-order valence-electron chi connectivity index (χ0n) is 9.33. The van der Waals surface area contributed by atoms with Crippen LogP contribution in [0.25, 0.3) is 0 Å². The average Bonchev–Trinajstić information content (AvgIpc) is 2.29. The predicted molar refractivity (Wildman–Crippen MR) is 64.2 cm³/mol. The highest BCUT2D eigenvalue weighted by Gasteiger charge is 2.30. The minimum Gasteiger partial charge on any atom is -0.330 e. The van der Waals surface area contributed by atoms with Crippen molar-refractivity contribution in [2.45, 2.75) is 6.18 Å². The highest BCUT2D eigenvalue weighted by atomic mass is 32.2. The van der Waals surface area contributed by atoms with E-state index in [2.05, 4.69) is 10.3 Å². The molecule has 18 heavy (non-hydrogen) atoms. The second-order valence-corrected chi connectivity index (χ2v) is 4.42. The number of nitrogens with zero attached hydrogens (tertiary/aromatic N) is 1. The SMILES string of the molecule is NCCSCC(=O)Nc1ccc(C(F)(F)F)cn1. The Bertz CT molecular complexity index is 394. The predicted octanol–water partition coefficient (Wildman–Crippen LogP) is 1.73. The summed E-state index contributed by atoms with van der Waals surface area (Å²) in [6, 6.07) is 1.99. The van der Waals surface area contributed by atoms with E-state index >= 15 is 0 Å². The van der Waals surface area contributed by atoms with Crippen LogP contribution in [0.2, 0.25) is 0 Å². The molecule has 1 heterocycles. The fourth-order valence-corrected chi connectivity index (χ4v) is 1.63. The molecule has 0 atom stereocenters. The van der Waals surface area contributed by atoms with Crippen molar-refractivity contribution >= 4 is 23.5 Å². The molecule has 0 saturated carbocycles. The molecular weight excluding hydrogens is 267 g/mol. The summed E-state index contributed by atoms with van der Waals surface area (Å²) in [6.07, 6.45) is -3.74. The van der Waals surface area contributed by atoms with Crippen LogP contribution in [0.15, 0.2) is 18.3 Å². The van der Waals surface area contributed by atoms with Crippen LogP contribution in [0.4, 0.5) is 19.0 Å². The number of amides is 1. The number of alkyl halides is 3. The molecule has 3 N–H and O–H groups in total. The molecule has 4 nitrogen and oxygen atoms in total. The standard InChI is InChI=1S/C10H12F3N3OS/c11-10(12,13)7-1-2-8(15-5-7)16-9(17)6-18-4-3-14/h1-2,5H,3-4,6,14H2,(H,15,16,17). The van der Waals surface area contributed by atoms with E-state index in [4.69, 9.17) is 5.73 Å². The van der Waals surface area contributed by atoms with Gasteiger partial charge < -0.3 is 11.1 Å². The summed E-state index contributed by atoms with van der Waals surface area (Å²) in [5.41, 5.74) is 4.40. The zero-order valence-corrected chi connectivity index (χ0v) is 10.1. The Labute approximate surface area is 106 Å². The summed E-state index contributed by atoms with van der Waals surface area (Å²) in [6.45, 7) is 0.469. The summed E-state index contributed by atoms with van der Waals surface area (Å²) >= 11 is 1.34. The van der Waals surface area contributed by atoms with E-state index in [1.165, 1.54) is 11.8 Å². The highest BCUT2D eigenvalue weighted by Crippen LogP contribution is 2.28. The Morgan fingerprint density at radius 1 is 1.44 bits per heavy atom. The monoisotopic (exact) mass is 279 g/mol. The second kappa shape index (κ2) is 6.60. The number of anilines is 1. The van der Waals surface area contributed by atoms with Gasteiger partial charge in [-0.3, -0.25) is 4.79 Å². The maximum atomic E-state index is 12.2. The molecule has 1 aromatic rings. The molecule has 8 heteroatoms. The molecule has 0 saturated heterocycles. The van der Waals surface area contributed by atoms with Gasteiger partial charge in [-0.15, -0.1) is 0 Å². The Morgan fingerprint density at radius 3 is 2.67 bits per heavy atom. The summed E-state index contributed by atoms with van der Waals surface area (Å²) in [4.78, 5) is 14.9. The fourth-order valence-electron chi connectivity index (χ4n) is 1.06. The van der Waals surface area contributed by atoms with Gasteiger partial charge in [0.15, 0.2) is 0 Å². The van der Waals surface area contributed by atoms with Gasteiger partial charge in [0, 0.05) is 18.5 Å². The molecule has 1 rings (SSSR count). The van der Waals surface area contributed by atoms with E-state index in [1.54, 1.807) is 0 Å². The van der Waals surface area contributed by atoms with Crippen molar-refractivity contribution in [2.24, 2.45) is 5.73 Å². The molecule has 100 valence electrons. The number of halogens is 3. The summed E-state index contributed by atoms with van der Waals surface area (Å²) in [5.74, 6) is 0.621. The fraction of sp³-hybridized carbons (Fsp3) is 0.400. The lowest BCUT2D eigenvalue weighted by atomic mass is 10.3. The number of nitrogens with two attached hydrogens (primary N) is 1. The smallest absolute Gasteiger partial charge is 0.330 e. The van der Waals surface area contributed by atoms with Gasteiger partial charge in [-0.05, 0) is 12.1 Å². The van der Waals surface area contributed by atoms with Crippen molar-refractivity contribution in [2.75, 3.05) is 23.4 Å². The number of hydrogen-bond donors (Lipinski definition) is 2. The third-order valence-corrected chi connectivity index (χ3v) is 2.84. The van der Waals surface area contributed by atoms with Gasteiger partial charge in [-0.1, -0.05) is 0 Å². The number of pyridine rings is 1. The Balaban J connectivity index is 2.51. The van der Waals surface area contributed by atoms with E-state index in [0.29, 0.717) is 18.5 Å². The van der Waals surface area contributed by atoms with Gasteiger partial charge >= 0.3 is 6.18 Å². The normalized spacial score (nSPS) is 11.3. The summed E-state index contributed by atoms with van der Waals surface area (Å²) < 4.78 is 36.7. The number of hydrogen-bond acceptors (Lipinski definition) is 4. The maximum absolute atomic E-state index is 12.2. The van der Waals surface area contributed by atoms with Crippen LogP contribution in [-0.2, 0) is 11.0 Å². The van der Waals surface area contributed by atoms with Crippen molar-refractivity contribution in [3.8, 4) is 0 Å². The first kappa shape index (κ1) is 14.8. The molecule has 0 aliphatic carbocycles. The molecule has 0 unspecified atom stereocenters. The molecule has 0 aromatic carbocycles. The quantitative estimate of drug-likeness (QED) is 0.805. The topological polar surface area (TPSA) is 68.0 Å². The van der Waals surface area contributed by atoms with E-state index in [0.717, 1.165) is 12.1 Å². The molecular formula is C10H12F3N3OS. The van der Waals surface area contributed by atoms with E-state index in [1.807, 2.05) is 0 Å². The lowest BCUT2D eigenvalue weighted by molar-refractivity contribution is -0.137. The molecule has 0 radical (unpaired) electrons. The van der Waals surface area contributed by atoms with Gasteiger partial charge in [-0.25, -0.2) is 4.98 Å². The molecule has 0 aliphatic rings. The first-order valence-corrected chi connectivity index (χ1v) is 6.20. The number of carbonyl (C=O) groups is 1. The number of aromatic nitrogens is 1. The number of rotatable bonds is 5. The van der Waals surface area contributed by atoms with E-state index < -0.39 is 11.7 Å². The lowest BCUT2D eigenvalue weighted by Gasteiger charge is -2.07. The molecule has 0 spiro atoms. The van der Waals surface area contributed by atoms with Gasteiger partial charge in [-0.2, -0.15) is 24.9 Å². The van der Waals surface area contributed by atoms with Gasteiger partial charge in [0.05, 0.1) is 11.3 Å². The van der Waals surface area contributed by atoms with E-state index in [9.17, 15) is 18.0 Å². The van der Waals surface area contributed by atoms with Gasteiger partial charge in [0.2, 0.25) is 5.91 Å². The van der Waals surface area contributed by atoms with Crippen molar-refractivity contribution in [3.63, 3.8) is 0 Å². The average molecular weight is 279 g/mol. The zero-order chi connectivity index (χ0) is 13.6. The second-order valence-electron chi connectivity index (χ2n) is 3.32. The largest absolute Gasteiger partial charge is 0.417 e. The number of thioether (sulfide) groups is 1. The van der Waals surface area contributed by atoms with Crippen molar-refractivity contribution in [3.05, 3.63) is 23.9 Å². The third kappa shape index (κ3) is 4.92. The summed E-state index contributed by atoms with van der Waals surface area (Å²) in [7, 11) is 0. The molecule has 1 amide bonds. The number of carbonyl (C=O) groups excluding carboxylic acids is 1. The van der Waals surface area contributed by atoms with Crippen molar-refractivity contribution in [1.82, 2.24) is 4.98 Å². The molecule has 0 aliphatic heterocycles. The Hall–Kier alpha value is -1.28. The molecule has 0 bridgehead atoms. The first-order chi connectivity index (χ1) is 8.43. The number of nitrogens with one attached hydrogen (secondary N) is 1. The van der Waals surface area contributed by atoms with Gasteiger partial charge in [0.25, 0.3) is 0 Å². The molecule has 0 fully saturated rings. The van der Waals surface area contributed by atoms with Crippen LogP contribution in [-0.4, -0.2) is 28.9 Å². The lowest BCUT2D eigenvalue weighted by Crippen LogP contribution is -2.16.